The van der Waals surface area contributed by atoms with E-state index in [2.05, 4.69) is 31.9 Å². The Balaban J connectivity index is 1.91. The van der Waals surface area contributed by atoms with Gasteiger partial charge in [0.1, 0.15) is 0 Å². The van der Waals surface area contributed by atoms with Crippen molar-refractivity contribution in [2.45, 2.75) is 6.92 Å². The molecule has 0 aromatic heterocycles. The molecule has 0 bridgehead atoms. The molecule has 0 saturated heterocycles. The molecule has 0 radical (unpaired) electrons. The Hall–Kier alpha value is -2.67. The third-order valence-corrected chi connectivity index (χ3v) is 3.74. The molecule has 2 rings (SSSR count). The van der Waals surface area contributed by atoms with Gasteiger partial charge < -0.3 is 16.0 Å². The first kappa shape index (κ1) is 18.7. The summed E-state index contributed by atoms with van der Waals surface area (Å²) in [5, 5.41) is 7.90. The number of carbonyl (C=O) groups is 3. The van der Waals surface area contributed by atoms with Crippen molar-refractivity contribution in [1.29, 1.82) is 0 Å². The Morgan fingerprint density at radius 1 is 0.920 bits per heavy atom. The van der Waals surface area contributed by atoms with Crippen molar-refractivity contribution in [3.05, 3.63) is 64.1 Å². The molecule has 0 atom stereocenters. The quantitative estimate of drug-likeness (QED) is 0.692. The van der Waals surface area contributed by atoms with Gasteiger partial charge in [0.05, 0.1) is 6.54 Å². The smallest absolute Gasteiger partial charge is 0.251 e. The van der Waals surface area contributed by atoms with Crippen molar-refractivity contribution in [1.82, 2.24) is 10.6 Å². The van der Waals surface area contributed by atoms with Crippen molar-refractivity contribution in [2.75, 3.05) is 18.4 Å². The monoisotopic (exact) mass is 403 g/mol. The molecule has 0 aliphatic heterocycles. The highest BCUT2D eigenvalue weighted by molar-refractivity contribution is 9.10. The van der Waals surface area contributed by atoms with E-state index in [-0.39, 0.29) is 24.3 Å². The van der Waals surface area contributed by atoms with E-state index in [0.717, 1.165) is 4.47 Å². The van der Waals surface area contributed by atoms with Gasteiger partial charge in [0.15, 0.2) is 0 Å². The molecular weight excluding hydrogens is 386 g/mol. The Kier molecular flexibility index (Phi) is 6.71. The van der Waals surface area contributed by atoms with Gasteiger partial charge in [-0.25, -0.2) is 0 Å². The van der Waals surface area contributed by atoms with Gasteiger partial charge in [-0.3, -0.25) is 14.4 Å². The molecule has 130 valence electrons. The highest BCUT2D eigenvalue weighted by atomic mass is 79.9. The van der Waals surface area contributed by atoms with Gasteiger partial charge in [-0.15, -0.1) is 0 Å². The fourth-order valence-electron chi connectivity index (χ4n) is 2.10. The highest BCUT2D eigenvalue weighted by Crippen LogP contribution is 2.12. The minimum atomic E-state index is -0.378. The lowest BCUT2D eigenvalue weighted by Gasteiger charge is -2.09. The third-order valence-electron chi connectivity index (χ3n) is 3.24. The summed E-state index contributed by atoms with van der Waals surface area (Å²) in [6.07, 6.45) is 0. The van der Waals surface area contributed by atoms with E-state index in [1.807, 2.05) is 13.0 Å². The molecule has 3 N–H and O–H groups in total. The van der Waals surface area contributed by atoms with Crippen LogP contribution in [0.25, 0.3) is 0 Å². The zero-order valence-corrected chi connectivity index (χ0v) is 15.2. The van der Waals surface area contributed by atoms with E-state index in [1.165, 1.54) is 0 Å². The lowest BCUT2D eigenvalue weighted by atomic mass is 10.2. The van der Waals surface area contributed by atoms with Crippen LogP contribution in [0.3, 0.4) is 0 Å². The number of rotatable bonds is 6. The molecule has 0 saturated carbocycles. The topological polar surface area (TPSA) is 87.3 Å². The van der Waals surface area contributed by atoms with Gasteiger partial charge in [0.2, 0.25) is 5.91 Å². The lowest BCUT2D eigenvalue weighted by Crippen LogP contribution is -2.32. The van der Waals surface area contributed by atoms with E-state index in [0.29, 0.717) is 23.4 Å². The molecule has 7 heteroatoms. The lowest BCUT2D eigenvalue weighted by molar-refractivity contribution is -0.115. The van der Waals surface area contributed by atoms with Crippen molar-refractivity contribution >= 4 is 39.3 Å². The molecule has 2 aromatic carbocycles. The van der Waals surface area contributed by atoms with Crippen molar-refractivity contribution in [2.24, 2.45) is 0 Å². The van der Waals surface area contributed by atoms with E-state index >= 15 is 0 Å². The second-order valence-corrected chi connectivity index (χ2v) is 6.10. The van der Waals surface area contributed by atoms with Crippen molar-refractivity contribution in [3.63, 3.8) is 0 Å². The maximum absolute atomic E-state index is 12.0. The maximum atomic E-state index is 12.0. The van der Waals surface area contributed by atoms with E-state index in [9.17, 15) is 14.4 Å². The van der Waals surface area contributed by atoms with Crippen molar-refractivity contribution < 1.29 is 14.4 Å². The van der Waals surface area contributed by atoms with E-state index in [4.69, 9.17) is 0 Å². The van der Waals surface area contributed by atoms with Crippen LogP contribution in [0.15, 0.2) is 53.0 Å². The molecular formula is C18H18BrN3O3. The summed E-state index contributed by atoms with van der Waals surface area (Å²) >= 11 is 3.29. The molecule has 0 aliphatic rings. The van der Waals surface area contributed by atoms with Crippen LogP contribution in [0.5, 0.6) is 0 Å². The van der Waals surface area contributed by atoms with Crippen LogP contribution in [-0.2, 0) is 4.79 Å². The average Bonchev–Trinajstić information content (AvgIpc) is 2.60. The first-order chi connectivity index (χ1) is 12.0. The molecule has 3 amide bonds. The molecule has 25 heavy (non-hydrogen) atoms. The van der Waals surface area contributed by atoms with Gasteiger partial charge in [-0.05, 0) is 43.3 Å². The van der Waals surface area contributed by atoms with Gasteiger partial charge in [-0.2, -0.15) is 0 Å². The molecule has 0 spiro atoms. The molecule has 6 nitrogen and oxygen atoms in total. The number of anilines is 1. The normalized spacial score (nSPS) is 10.0. The number of benzene rings is 2. The van der Waals surface area contributed by atoms with E-state index < -0.39 is 0 Å². The summed E-state index contributed by atoms with van der Waals surface area (Å²) in [5.41, 5.74) is 1.41. The SMILES string of the molecule is CCNC(=O)c1cccc(NC(=O)CNC(=O)c2cccc(Br)c2)c1. The van der Waals surface area contributed by atoms with Crippen LogP contribution >= 0.6 is 15.9 Å². The zero-order valence-electron chi connectivity index (χ0n) is 13.6. The number of amides is 3. The summed E-state index contributed by atoms with van der Waals surface area (Å²) < 4.78 is 0.784. The van der Waals surface area contributed by atoms with Crippen LogP contribution in [0.2, 0.25) is 0 Å². The maximum Gasteiger partial charge on any atom is 0.251 e. The number of hydrogen-bond donors (Lipinski definition) is 3. The molecule has 2 aromatic rings. The molecule has 0 aliphatic carbocycles. The number of carbonyl (C=O) groups excluding carboxylic acids is 3. The molecule has 0 fully saturated rings. The Morgan fingerprint density at radius 3 is 2.24 bits per heavy atom. The Labute approximate surface area is 154 Å². The summed E-state index contributed by atoms with van der Waals surface area (Å²) in [6, 6.07) is 13.5. The summed E-state index contributed by atoms with van der Waals surface area (Å²) in [6.45, 7) is 2.19. The number of nitrogens with one attached hydrogen (secondary N) is 3. The summed E-state index contributed by atoms with van der Waals surface area (Å²) in [5.74, 6) is -0.925. The fourth-order valence-corrected chi connectivity index (χ4v) is 2.50. The van der Waals surface area contributed by atoms with Gasteiger partial charge in [0.25, 0.3) is 11.8 Å². The zero-order chi connectivity index (χ0) is 18.2. The van der Waals surface area contributed by atoms with Gasteiger partial charge in [0, 0.05) is 27.8 Å². The van der Waals surface area contributed by atoms with Crippen molar-refractivity contribution in [3.8, 4) is 0 Å². The average molecular weight is 404 g/mol. The van der Waals surface area contributed by atoms with E-state index in [1.54, 1.807) is 42.5 Å². The van der Waals surface area contributed by atoms with Gasteiger partial charge >= 0.3 is 0 Å². The first-order valence-corrected chi connectivity index (χ1v) is 8.50. The number of hydrogen-bond acceptors (Lipinski definition) is 3. The first-order valence-electron chi connectivity index (χ1n) is 7.71. The standard InChI is InChI=1S/C18H18BrN3O3/c1-2-20-17(24)13-6-4-8-15(10-13)22-16(23)11-21-18(25)12-5-3-7-14(19)9-12/h3-10H,2,11H2,1H3,(H,20,24)(H,21,25)(H,22,23). The largest absolute Gasteiger partial charge is 0.352 e. The number of halogens is 1. The van der Waals surface area contributed by atoms with Crippen LogP contribution in [0, 0.1) is 0 Å². The minimum Gasteiger partial charge on any atom is -0.352 e. The fraction of sp³-hybridized carbons (Fsp3) is 0.167. The molecule has 0 unspecified atom stereocenters. The predicted molar refractivity (Wildman–Crippen MR) is 99.6 cm³/mol. The highest BCUT2D eigenvalue weighted by Gasteiger charge is 2.10. The van der Waals surface area contributed by atoms with Crippen LogP contribution in [0.1, 0.15) is 27.6 Å². The third kappa shape index (κ3) is 5.72. The second kappa shape index (κ2) is 8.98. The minimum absolute atomic E-state index is 0.170. The molecule has 0 heterocycles. The van der Waals surface area contributed by atoms with Crippen LogP contribution < -0.4 is 16.0 Å². The van der Waals surface area contributed by atoms with Crippen LogP contribution in [-0.4, -0.2) is 30.8 Å². The Bertz CT molecular complexity index is 793. The second-order valence-electron chi connectivity index (χ2n) is 5.18. The Morgan fingerprint density at radius 2 is 1.56 bits per heavy atom. The summed E-state index contributed by atoms with van der Waals surface area (Å²) in [7, 11) is 0. The van der Waals surface area contributed by atoms with Gasteiger partial charge in [-0.1, -0.05) is 28.1 Å². The summed E-state index contributed by atoms with van der Waals surface area (Å²) in [4.78, 5) is 35.8. The van der Waals surface area contributed by atoms with Crippen LogP contribution in [0.4, 0.5) is 5.69 Å². The predicted octanol–water partition coefficient (Wildman–Crippen LogP) is 2.57.